The van der Waals surface area contributed by atoms with Crippen molar-refractivity contribution in [3.63, 3.8) is 0 Å². The predicted molar refractivity (Wildman–Crippen MR) is 90.0 cm³/mol. The minimum absolute atomic E-state index is 0.134. The van der Waals surface area contributed by atoms with Crippen molar-refractivity contribution in [3.05, 3.63) is 44.6 Å². The van der Waals surface area contributed by atoms with Crippen LogP contribution in [0.4, 0.5) is 0 Å². The van der Waals surface area contributed by atoms with Gasteiger partial charge in [-0.15, -0.1) is 11.3 Å². The van der Waals surface area contributed by atoms with E-state index in [1.54, 1.807) is 11.3 Å². The Balaban J connectivity index is 2.25. The minimum Gasteiger partial charge on any atom is -0.383 e. The number of carbonyl (C=O) groups excluding carboxylic acids is 1. The molecule has 1 aliphatic heterocycles. The maximum absolute atomic E-state index is 12.7. The Morgan fingerprint density at radius 3 is 2.70 bits per heavy atom. The second kappa shape index (κ2) is 5.84. The molecule has 5 nitrogen and oxygen atoms in total. The normalized spacial score (nSPS) is 21.8. The lowest BCUT2D eigenvalue weighted by Gasteiger charge is -2.42. The molecular formula is C17H20N4OS. The van der Waals surface area contributed by atoms with Gasteiger partial charge in [-0.3, -0.25) is 9.80 Å². The molecule has 1 aromatic rings. The number of hydrogen-bond acceptors (Lipinski definition) is 6. The van der Waals surface area contributed by atoms with Crippen molar-refractivity contribution in [1.29, 1.82) is 5.26 Å². The number of nitrogens with two attached hydrogens (primary N) is 1. The molecule has 0 fully saturated rings. The number of thiophene rings is 1. The second-order valence-electron chi connectivity index (χ2n) is 6.09. The van der Waals surface area contributed by atoms with Gasteiger partial charge in [-0.25, -0.2) is 5.01 Å². The summed E-state index contributed by atoms with van der Waals surface area (Å²) in [6.07, 6.45) is 2.17. The van der Waals surface area contributed by atoms with Crippen LogP contribution in [0.25, 0.3) is 0 Å². The van der Waals surface area contributed by atoms with Gasteiger partial charge in [0.05, 0.1) is 17.6 Å². The van der Waals surface area contributed by atoms with Crippen molar-refractivity contribution in [2.75, 3.05) is 14.1 Å². The fourth-order valence-corrected chi connectivity index (χ4v) is 4.42. The topological polar surface area (TPSA) is 73.4 Å². The molecule has 1 aromatic heterocycles. The molecule has 2 N–H and O–H groups in total. The summed E-state index contributed by atoms with van der Waals surface area (Å²) in [4.78, 5) is 14.9. The van der Waals surface area contributed by atoms with Crippen LogP contribution in [0.1, 0.15) is 34.9 Å². The van der Waals surface area contributed by atoms with E-state index in [4.69, 9.17) is 5.73 Å². The monoisotopic (exact) mass is 328 g/mol. The molecule has 23 heavy (non-hydrogen) atoms. The fraction of sp³-hybridized carbons (Fsp3) is 0.412. The highest BCUT2D eigenvalue weighted by Crippen LogP contribution is 2.46. The van der Waals surface area contributed by atoms with Gasteiger partial charge in [0.15, 0.2) is 5.78 Å². The summed E-state index contributed by atoms with van der Waals surface area (Å²) in [5, 5.41) is 13.4. The molecular weight excluding hydrogens is 308 g/mol. The Morgan fingerprint density at radius 2 is 2.13 bits per heavy atom. The van der Waals surface area contributed by atoms with Crippen LogP contribution in [0.5, 0.6) is 0 Å². The van der Waals surface area contributed by atoms with Gasteiger partial charge in [-0.05, 0) is 31.9 Å². The standard InChI is InChI=1S/C17H20N4OS/c1-10-7-8-14(23-10)15-11(9-18)17(19)21(20(2)3)12-5-4-6-13(22)16(12)15/h7-8,15H,4-6,19H2,1-3H3. The average molecular weight is 328 g/mol. The van der Waals surface area contributed by atoms with E-state index in [2.05, 4.69) is 6.07 Å². The van der Waals surface area contributed by atoms with E-state index in [0.29, 0.717) is 17.8 Å². The van der Waals surface area contributed by atoms with Crippen LogP contribution in [0.15, 0.2) is 34.8 Å². The largest absolute Gasteiger partial charge is 0.383 e. The molecule has 1 aliphatic carbocycles. The number of rotatable bonds is 2. The van der Waals surface area contributed by atoms with Crippen molar-refractivity contribution in [2.45, 2.75) is 32.1 Å². The van der Waals surface area contributed by atoms with E-state index in [1.165, 1.54) is 0 Å². The Labute approximate surface area is 140 Å². The van der Waals surface area contributed by atoms with Crippen LogP contribution >= 0.6 is 11.3 Å². The van der Waals surface area contributed by atoms with Crippen molar-refractivity contribution in [2.24, 2.45) is 5.73 Å². The molecule has 0 amide bonds. The highest BCUT2D eigenvalue weighted by molar-refractivity contribution is 7.12. The zero-order chi connectivity index (χ0) is 16.7. The molecule has 0 aromatic carbocycles. The van der Waals surface area contributed by atoms with E-state index in [0.717, 1.165) is 33.9 Å². The second-order valence-corrected chi connectivity index (χ2v) is 7.41. The van der Waals surface area contributed by atoms with Crippen molar-refractivity contribution < 1.29 is 4.79 Å². The lowest BCUT2D eigenvalue weighted by molar-refractivity contribution is -0.116. The number of nitriles is 1. The number of nitrogens with zero attached hydrogens (tertiary/aromatic N) is 3. The highest BCUT2D eigenvalue weighted by Gasteiger charge is 2.40. The Hall–Kier alpha value is -2.10. The Kier molecular flexibility index (Phi) is 4.00. The molecule has 0 spiro atoms. The van der Waals surface area contributed by atoms with Crippen LogP contribution in [0.3, 0.4) is 0 Å². The Bertz CT molecular complexity index is 766. The third-order valence-corrected chi connectivity index (χ3v) is 5.40. The summed E-state index contributed by atoms with van der Waals surface area (Å²) in [6.45, 7) is 2.03. The molecule has 120 valence electrons. The van der Waals surface area contributed by atoms with Gasteiger partial charge >= 0.3 is 0 Å². The van der Waals surface area contributed by atoms with Crippen LogP contribution < -0.4 is 5.73 Å². The van der Waals surface area contributed by atoms with Gasteiger partial charge in [0, 0.05) is 41.5 Å². The zero-order valence-corrected chi connectivity index (χ0v) is 14.4. The number of hydrazine groups is 1. The van der Waals surface area contributed by atoms with E-state index >= 15 is 0 Å². The fourth-order valence-electron chi connectivity index (χ4n) is 3.42. The smallest absolute Gasteiger partial charge is 0.161 e. The first-order valence-electron chi connectivity index (χ1n) is 7.65. The van der Waals surface area contributed by atoms with Crippen LogP contribution in [-0.2, 0) is 4.79 Å². The molecule has 0 saturated carbocycles. The number of hydrogen-bond donors (Lipinski definition) is 1. The number of aryl methyl sites for hydroxylation is 1. The number of ketones is 1. The number of Topliss-reactive ketones (excluding diaryl/α,β-unsaturated/α-hetero) is 1. The van der Waals surface area contributed by atoms with Crippen LogP contribution in [-0.4, -0.2) is 29.9 Å². The minimum atomic E-state index is -0.322. The summed E-state index contributed by atoms with van der Waals surface area (Å²) in [5.74, 6) is 0.245. The van der Waals surface area contributed by atoms with Gasteiger partial charge in [-0.2, -0.15) is 5.26 Å². The molecule has 1 unspecified atom stereocenters. The lowest BCUT2D eigenvalue weighted by Crippen LogP contribution is -2.45. The van der Waals surface area contributed by atoms with E-state index in [-0.39, 0.29) is 11.7 Å². The summed E-state index contributed by atoms with van der Waals surface area (Å²) in [6, 6.07) is 6.29. The van der Waals surface area contributed by atoms with Crippen molar-refractivity contribution in [3.8, 4) is 6.07 Å². The van der Waals surface area contributed by atoms with E-state index in [1.807, 2.05) is 43.2 Å². The summed E-state index contributed by atoms with van der Waals surface area (Å²) in [5.41, 5.74) is 8.48. The summed E-state index contributed by atoms with van der Waals surface area (Å²) in [7, 11) is 3.75. The molecule has 6 heteroatoms. The average Bonchev–Trinajstić information content (AvgIpc) is 2.92. The third kappa shape index (κ3) is 2.46. The van der Waals surface area contributed by atoms with Gasteiger partial charge in [0.1, 0.15) is 5.82 Å². The summed E-state index contributed by atoms with van der Waals surface area (Å²) < 4.78 is 0. The van der Waals surface area contributed by atoms with Gasteiger partial charge in [-0.1, -0.05) is 0 Å². The maximum Gasteiger partial charge on any atom is 0.161 e. The highest BCUT2D eigenvalue weighted by atomic mass is 32.1. The molecule has 2 aliphatic rings. The Morgan fingerprint density at radius 1 is 1.39 bits per heavy atom. The van der Waals surface area contributed by atoms with Gasteiger partial charge < -0.3 is 5.73 Å². The van der Waals surface area contributed by atoms with Crippen LogP contribution in [0.2, 0.25) is 0 Å². The predicted octanol–water partition coefficient (Wildman–Crippen LogP) is 2.63. The molecule has 2 heterocycles. The summed E-state index contributed by atoms with van der Waals surface area (Å²) >= 11 is 1.62. The first-order chi connectivity index (χ1) is 11.0. The first kappa shape index (κ1) is 15.8. The van der Waals surface area contributed by atoms with Crippen LogP contribution in [0, 0.1) is 18.3 Å². The first-order valence-corrected chi connectivity index (χ1v) is 8.47. The zero-order valence-electron chi connectivity index (χ0n) is 13.6. The molecule has 0 bridgehead atoms. The third-order valence-electron chi connectivity index (χ3n) is 4.33. The molecule has 0 saturated heterocycles. The molecule has 0 radical (unpaired) electrons. The van der Waals surface area contributed by atoms with Gasteiger partial charge in [0.2, 0.25) is 0 Å². The SMILES string of the molecule is Cc1ccc(C2C(C#N)=C(N)N(N(C)C)C3=C2C(=O)CCC3)s1. The van der Waals surface area contributed by atoms with E-state index < -0.39 is 0 Å². The molecule has 3 rings (SSSR count). The van der Waals surface area contributed by atoms with Crippen molar-refractivity contribution in [1.82, 2.24) is 10.0 Å². The van der Waals surface area contributed by atoms with Gasteiger partial charge in [0.25, 0.3) is 0 Å². The quantitative estimate of drug-likeness (QED) is 0.903. The van der Waals surface area contributed by atoms with E-state index in [9.17, 15) is 10.1 Å². The maximum atomic E-state index is 12.7. The lowest BCUT2D eigenvalue weighted by atomic mass is 9.79. The number of allylic oxidation sites excluding steroid dienone is 3. The number of carbonyl (C=O) groups is 1. The molecule has 1 atom stereocenters. The van der Waals surface area contributed by atoms with Crippen molar-refractivity contribution >= 4 is 17.1 Å².